The lowest BCUT2D eigenvalue weighted by Crippen LogP contribution is -2.25. The van der Waals surface area contributed by atoms with Gasteiger partial charge in [0, 0.05) is 23.9 Å². The zero-order chi connectivity index (χ0) is 15.4. The zero-order valence-electron chi connectivity index (χ0n) is 11.8. The highest BCUT2D eigenvalue weighted by atomic mass is 32.1. The summed E-state index contributed by atoms with van der Waals surface area (Å²) in [6.45, 7) is 4.40. The van der Waals surface area contributed by atoms with Crippen LogP contribution in [0.5, 0.6) is 0 Å². The number of nitrogens with zero attached hydrogens (tertiary/aromatic N) is 1. The predicted octanol–water partition coefficient (Wildman–Crippen LogP) is 2.43. The Labute approximate surface area is 126 Å². The van der Waals surface area contributed by atoms with Gasteiger partial charge >= 0.3 is 5.97 Å². The van der Waals surface area contributed by atoms with Crippen molar-refractivity contribution in [1.29, 1.82) is 0 Å². The molecule has 0 atom stereocenters. The van der Waals surface area contributed by atoms with Gasteiger partial charge in [0.05, 0.1) is 5.01 Å². The second kappa shape index (κ2) is 6.49. The molecule has 2 rings (SSSR count). The molecule has 0 radical (unpaired) electrons. The van der Waals surface area contributed by atoms with Crippen LogP contribution in [-0.4, -0.2) is 28.5 Å². The van der Waals surface area contributed by atoms with Gasteiger partial charge in [0.15, 0.2) is 5.69 Å². The first kappa shape index (κ1) is 15.2. The molecule has 1 aromatic carbocycles. The molecule has 0 spiro atoms. The monoisotopic (exact) mass is 304 g/mol. The summed E-state index contributed by atoms with van der Waals surface area (Å²) in [5, 5.41) is 13.8. The van der Waals surface area contributed by atoms with Gasteiger partial charge in [-0.3, -0.25) is 4.79 Å². The molecule has 0 aliphatic rings. The lowest BCUT2D eigenvalue weighted by molar-refractivity contribution is 0.0690. The second-order valence-corrected chi connectivity index (χ2v) is 5.68. The molecule has 110 valence electrons. The van der Waals surface area contributed by atoms with Crippen molar-refractivity contribution in [2.45, 2.75) is 20.3 Å². The van der Waals surface area contributed by atoms with Crippen molar-refractivity contribution >= 4 is 23.2 Å². The van der Waals surface area contributed by atoms with Crippen LogP contribution >= 0.6 is 11.3 Å². The van der Waals surface area contributed by atoms with Crippen molar-refractivity contribution < 1.29 is 14.7 Å². The van der Waals surface area contributed by atoms with E-state index in [1.165, 1.54) is 16.7 Å². The van der Waals surface area contributed by atoms with Crippen molar-refractivity contribution in [2.75, 3.05) is 6.54 Å². The number of hydrogen-bond donors (Lipinski definition) is 2. The van der Waals surface area contributed by atoms with E-state index in [0.717, 1.165) is 11.1 Å². The van der Waals surface area contributed by atoms with Gasteiger partial charge in [-0.1, -0.05) is 6.07 Å². The number of rotatable bonds is 5. The maximum atomic E-state index is 12.0. The Balaban J connectivity index is 1.88. The van der Waals surface area contributed by atoms with Gasteiger partial charge in [0.25, 0.3) is 5.91 Å². The number of hydrogen-bond acceptors (Lipinski definition) is 4. The van der Waals surface area contributed by atoms with Gasteiger partial charge in [-0.15, -0.1) is 11.3 Å². The van der Waals surface area contributed by atoms with E-state index in [0.29, 0.717) is 23.5 Å². The first-order valence-corrected chi connectivity index (χ1v) is 7.38. The molecule has 2 aromatic rings. The molecule has 0 aliphatic heterocycles. The molecule has 0 bridgehead atoms. The van der Waals surface area contributed by atoms with Crippen LogP contribution in [-0.2, 0) is 6.42 Å². The summed E-state index contributed by atoms with van der Waals surface area (Å²) in [6.07, 6.45) is 0.522. The number of carboxylic acid groups (broad SMARTS) is 1. The average Bonchev–Trinajstić information content (AvgIpc) is 2.91. The van der Waals surface area contributed by atoms with Gasteiger partial charge in [-0.05, 0) is 37.1 Å². The minimum Gasteiger partial charge on any atom is -0.476 e. The minimum atomic E-state index is -1.03. The number of aromatic carboxylic acids is 1. The summed E-state index contributed by atoms with van der Waals surface area (Å²) in [5.74, 6) is -1.16. The lowest BCUT2D eigenvalue weighted by Gasteiger charge is -2.06. The van der Waals surface area contributed by atoms with Crippen molar-refractivity contribution in [3.05, 3.63) is 51.0 Å². The molecule has 0 fully saturated rings. The van der Waals surface area contributed by atoms with E-state index >= 15 is 0 Å². The number of aromatic nitrogens is 1. The third-order valence-corrected chi connectivity index (χ3v) is 4.07. The van der Waals surface area contributed by atoms with Gasteiger partial charge < -0.3 is 10.4 Å². The number of aryl methyl sites for hydroxylation is 2. The Kier molecular flexibility index (Phi) is 4.70. The van der Waals surface area contributed by atoms with E-state index < -0.39 is 5.97 Å². The molecule has 0 saturated heterocycles. The minimum absolute atomic E-state index is 0.0514. The van der Waals surface area contributed by atoms with E-state index in [1.54, 1.807) is 6.07 Å². The fourth-order valence-electron chi connectivity index (χ4n) is 1.79. The summed E-state index contributed by atoms with van der Waals surface area (Å²) < 4.78 is 0. The smallest absolute Gasteiger partial charge is 0.355 e. The molecule has 1 heterocycles. The second-order valence-electron chi connectivity index (χ2n) is 4.74. The highest BCUT2D eigenvalue weighted by molar-refractivity contribution is 7.09. The van der Waals surface area contributed by atoms with Crippen molar-refractivity contribution in [3.63, 3.8) is 0 Å². The van der Waals surface area contributed by atoms with Crippen molar-refractivity contribution in [1.82, 2.24) is 10.3 Å². The molecule has 1 aromatic heterocycles. The molecular formula is C15H16N2O3S. The summed E-state index contributed by atoms with van der Waals surface area (Å²) in [4.78, 5) is 26.7. The Morgan fingerprint density at radius 3 is 2.67 bits per heavy atom. The molecule has 2 N–H and O–H groups in total. The van der Waals surface area contributed by atoms with Gasteiger partial charge in [0.1, 0.15) is 0 Å². The molecule has 21 heavy (non-hydrogen) atoms. The van der Waals surface area contributed by atoms with Crippen LogP contribution in [0.4, 0.5) is 0 Å². The maximum Gasteiger partial charge on any atom is 0.355 e. The molecule has 0 aliphatic carbocycles. The summed E-state index contributed by atoms with van der Waals surface area (Å²) >= 11 is 1.29. The number of benzene rings is 1. The third kappa shape index (κ3) is 3.88. The van der Waals surface area contributed by atoms with Crippen LogP contribution in [0.3, 0.4) is 0 Å². The van der Waals surface area contributed by atoms with Crippen LogP contribution in [0.15, 0.2) is 23.6 Å². The van der Waals surface area contributed by atoms with Crippen molar-refractivity contribution in [3.8, 4) is 0 Å². The lowest BCUT2D eigenvalue weighted by atomic mass is 10.1. The topological polar surface area (TPSA) is 79.3 Å². The highest BCUT2D eigenvalue weighted by Gasteiger charge is 2.10. The van der Waals surface area contributed by atoms with E-state index in [4.69, 9.17) is 5.11 Å². The van der Waals surface area contributed by atoms with Crippen molar-refractivity contribution in [2.24, 2.45) is 0 Å². The maximum absolute atomic E-state index is 12.0. The summed E-state index contributed by atoms with van der Waals surface area (Å²) in [7, 11) is 0. The average molecular weight is 304 g/mol. The molecule has 0 unspecified atom stereocenters. The molecule has 1 amide bonds. The van der Waals surface area contributed by atoms with E-state index in [-0.39, 0.29) is 11.6 Å². The number of thiazole rings is 1. The Hall–Kier alpha value is -2.21. The van der Waals surface area contributed by atoms with Crippen LogP contribution in [0.2, 0.25) is 0 Å². The Morgan fingerprint density at radius 2 is 2.05 bits per heavy atom. The third-order valence-electron chi connectivity index (χ3n) is 3.16. The summed E-state index contributed by atoms with van der Waals surface area (Å²) in [5.41, 5.74) is 2.91. The van der Waals surface area contributed by atoms with E-state index in [2.05, 4.69) is 10.3 Å². The van der Waals surface area contributed by atoms with E-state index in [9.17, 15) is 9.59 Å². The van der Waals surface area contributed by atoms with E-state index in [1.807, 2.05) is 26.0 Å². The van der Waals surface area contributed by atoms with Gasteiger partial charge in [-0.25, -0.2) is 9.78 Å². The quantitative estimate of drug-likeness (QED) is 0.889. The number of amides is 1. The van der Waals surface area contributed by atoms with Crippen LogP contribution in [0, 0.1) is 13.8 Å². The van der Waals surface area contributed by atoms with Crippen LogP contribution < -0.4 is 5.32 Å². The fraction of sp³-hybridized carbons (Fsp3) is 0.267. The molecular weight excluding hydrogens is 288 g/mol. The van der Waals surface area contributed by atoms with Gasteiger partial charge in [-0.2, -0.15) is 0 Å². The standard InChI is InChI=1S/C15H16N2O3S/c1-9-3-4-11(7-10(9)2)14(18)16-6-5-13-17-12(8-21-13)15(19)20/h3-4,7-8H,5-6H2,1-2H3,(H,16,18)(H,19,20). The number of nitrogens with one attached hydrogen (secondary N) is 1. The Morgan fingerprint density at radius 1 is 1.29 bits per heavy atom. The van der Waals surface area contributed by atoms with Gasteiger partial charge in [0.2, 0.25) is 0 Å². The number of carboxylic acids is 1. The number of carbonyl (C=O) groups is 2. The van der Waals surface area contributed by atoms with Crippen LogP contribution in [0.1, 0.15) is 37.0 Å². The summed E-state index contributed by atoms with van der Waals surface area (Å²) in [6, 6.07) is 5.57. The molecule has 0 saturated carbocycles. The fourth-order valence-corrected chi connectivity index (χ4v) is 2.56. The molecule has 5 nitrogen and oxygen atoms in total. The Bertz CT molecular complexity index is 679. The predicted molar refractivity (Wildman–Crippen MR) is 81.0 cm³/mol. The SMILES string of the molecule is Cc1ccc(C(=O)NCCc2nc(C(=O)O)cs2)cc1C. The largest absolute Gasteiger partial charge is 0.476 e. The number of carbonyl (C=O) groups excluding carboxylic acids is 1. The first-order chi connectivity index (χ1) is 9.97. The molecule has 6 heteroatoms. The first-order valence-electron chi connectivity index (χ1n) is 6.50. The normalized spacial score (nSPS) is 10.4. The highest BCUT2D eigenvalue weighted by Crippen LogP contribution is 2.11. The van der Waals surface area contributed by atoms with Crippen LogP contribution in [0.25, 0.3) is 0 Å². The zero-order valence-corrected chi connectivity index (χ0v) is 12.7.